The number of fused-ring (bicyclic) bond motifs is 1. The molecule has 8 nitrogen and oxygen atoms in total. The maximum absolute atomic E-state index is 13.1. The first-order chi connectivity index (χ1) is 17.0. The molecule has 184 valence electrons. The molecule has 2 unspecified atom stereocenters. The second-order valence-corrected chi connectivity index (χ2v) is 10.2. The first kappa shape index (κ1) is 23.6. The van der Waals surface area contributed by atoms with Crippen molar-refractivity contribution in [2.45, 2.75) is 64.7 Å². The molecule has 2 aromatic rings. The second kappa shape index (κ2) is 9.82. The van der Waals surface area contributed by atoms with Crippen LogP contribution in [-0.2, 0) is 22.6 Å². The third kappa shape index (κ3) is 4.83. The summed E-state index contributed by atoms with van der Waals surface area (Å²) in [7, 11) is 0. The predicted molar refractivity (Wildman–Crippen MR) is 131 cm³/mol. The summed E-state index contributed by atoms with van der Waals surface area (Å²) in [6, 6.07) is 6.07. The molecule has 1 saturated carbocycles. The van der Waals surface area contributed by atoms with E-state index in [-0.39, 0.29) is 30.6 Å². The Balaban J connectivity index is 1.39. The van der Waals surface area contributed by atoms with Crippen LogP contribution in [0.2, 0.25) is 0 Å². The minimum atomic E-state index is -0.0317. The molecule has 35 heavy (non-hydrogen) atoms. The van der Waals surface area contributed by atoms with E-state index in [0.717, 1.165) is 41.9 Å². The zero-order valence-electron chi connectivity index (χ0n) is 20.7. The lowest BCUT2D eigenvalue weighted by molar-refractivity contribution is -0.137. The number of hydrogen-bond acceptors (Lipinski definition) is 7. The van der Waals surface area contributed by atoms with Crippen LogP contribution in [0.4, 0.5) is 5.82 Å². The third-order valence-corrected chi connectivity index (χ3v) is 7.31. The first-order valence-corrected chi connectivity index (χ1v) is 12.6. The van der Waals surface area contributed by atoms with Gasteiger partial charge in [0.2, 0.25) is 0 Å². The van der Waals surface area contributed by atoms with E-state index in [1.165, 1.54) is 0 Å². The van der Waals surface area contributed by atoms with Crippen molar-refractivity contribution < 1.29 is 14.3 Å². The van der Waals surface area contributed by atoms with Gasteiger partial charge in [-0.3, -0.25) is 9.78 Å². The van der Waals surface area contributed by atoms with Crippen molar-refractivity contribution in [3.8, 4) is 11.8 Å². The van der Waals surface area contributed by atoms with Gasteiger partial charge in [-0.05, 0) is 43.4 Å². The number of ether oxygens (including phenoxy) is 2. The molecule has 5 rings (SSSR count). The quantitative estimate of drug-likeness (QED) is 0.632. The standard InChI is InChI=1S/C27H33N5O3/c1-17(2)24-14-31(9-10-32(24)25(33)16-35-20-5-4-8-29-13-20)27-22(12-28)21-11-18(3)34-15-23(21)26(30-27)19-6-7-19/h4-5,8,13,17-19,24H,6-7,9-11,14-16H2,1-3H3. The number of nitrogens with zero attached hydrogens (tertiary/aromatic N) is 5. The SMILES string of the molecule is CC1Cc2c(C#N)c(N3CCN(C(=O)COc4cccnc4)C(C(C)C)C3)nc(C3CC3)c2CO1. The van der Waals surface area contributed by atoms with Gasteiger partial charge in [0.15, 0.2) is 6.61 Å². The molecule has 2 fully saturated rings. The number of carbonyl (C=O) groups excluding carboxylic acids is 1. The monoisotopic (exact) mass is 475 g/mol. The molecule has 1 saturated heterocycles. The van der Waals surface area contributed by atoms with E-state index in [1.54, 1.807) is 24.5 Å². The van der Waals surface area contributed by atoms with Crippen molar-refractivity contribution in [2.24, 2.45) is 5.92 Å². The van der Waals surface area contributed by atoms with Gasteiger partial charge in [-0.25, -0.2) is 4.98 Å². The zero-order valence-corrected chi connectivity index (χ0v) is 20.7. The molecular weight excluding hydrogens is 442 g/mol. The summed E-state index contributed by atoms with van der Waals surface area (Å²) in [6.45, 7) is 8.71. The van der Waals surface area contributed by atoms with Crippen molar-refractivity contribution in [3.05, 3.63) is 46.9 Å². The molecule has 2 aromatic heterocycles. The summed E-state index contributed by atoms with van der Waals surface area (Å²) in [5.74, 6) is 2.06. The fourth-order valence-corrected chi connectivity index (χ4v) is 5.22. The Kier molecular flexibility index (Phi) is 6.61. The Morgan fingerprint density at radius 1 is 1.31 bits per heavy atom. The van der Waals surface area contributed by atoms with Gasteiger partial charge < -0.3 is 19.3 Å². The molecule has 3 aliphatic rings. The fourth-order valence-electron chi connectivity index (χ4n) is 5.22. The van der Waals surface area contributed by atoms with E-state index >= 15 is 0 Å². The average Bonchev–Trinajstić information content (AvgIpc) is 3.72. The Labute approximate surface area is 206 Å². The second-order valence-electron chi connectivity index (χ2n) is 10.2. The van der Waals surface area contributed by atoms with Crippen LogP contribution < -0.4 is 9.64 Å². The van der Waals surface area contributed by atoms with Crippen LogP contribution in [0, 0.1) is 17.2 Å². The first-order valence-electron chi connectivity index (χ1n) is 12.6. The fraction of sp³-hybridized carbons (Fsp3) is 0.556. The van der Waals surface area contributed by atoms with E-state index in [1.807, 2.05) is 4.90 Å². The topological polar surface area (TPSA) is 91.6 Å². The minimum Gasteiger partial charge on any atom is -0.482 e. The molecule has 0 aromatic carbocycles. The van der Waals surface area contributed by atoms with Crippen LogP contribution in [0.25, 0.3) is 0 Å². The smallest absolute Gasteiger partial charge is 0.260 e. The van der Waals surface area contributed by atoms with Gasteiger partial charge in [-0.1, -0.05) is 13.8 Å². The number of amides is 1. The van der Waals surface area contributed by atoms with Crippen molar-refractivity contribution in [1.82, 2.24) is 14.9 Å². The van der Waals surface area contributed by atoms with Crippen LogP contribution in [0.5, 0.6) is 5.75 Å². The third-order valence-electron chi connectivity index (χ3n) is 7.31. The van der Waals surface area contributed by atoms with Gasteiger partial charge in [-0.2, -0.15) is 5.26 Å². The van der Waals surface area contributed by atoms with Crippen molar-refractivity contribution in [3.63, 3.8) is 0 Å². The number of hydrogen-bond donors (Lipinski definition) is 0. The number of pyridine rings is 2. The highest BCUT2D eigenvalue weighted by atomic mass is 16.5. The lowest BCUT2D eigenvalue weighted by atomic mass is 9.92. The van der Waals surface area contributed by atoms with E-state index in [9.17, 15) is 10.1 Å². The Morgan fingerprint density at radius 2 is 2.14 bits per heavy atom. The molecule has 2 aliphatic heterocycles. The van der Waals surface area contributed by atoms with E-state index in [0.29, 0.717) is 43.5 Å². The maximum Gasteiger partial charge on any atom is 0.260 e. The number of piperazine rings is 1. The number of rotatable bonds is 6. The van der Waals surface area contributed by atoms with Gasteiger partial charge in [0.05, 0.1) is 36.2 Å². The van der Waals surface area contributed by atoms with Crippen molar-refractivity contribution >= 4 is 11.7 Å². The molecular formula is C27H33N5O3. The van der Waals surface area contributed by atoms with Crippen LogP contribution in [-0.4, -0.2) is 59.2 Å². The highest BCUT2D eigenvalue weighted by molar-refractivity contribution is 5.78. The summed E-state index contributed by atoms with van der Waals surface area (Å²) in [4.78, 5) is 26.4. The summed E-state index contributed by atoms with van der Waals surface area (Å²) >= 11 is 0. The molecule has 0 radical (unpaired) electrons. The number of aromatic nitrogens is 2. The number of anilines is 1. The molecule has 0 spiro atoms. The Morgan fingerprint density at radius 3 is 2.83 bits per heavy atom. The van der Waals surface area contributed by atoms with Crippen LogP contribution in [0.3, 0.4) is 0 Å². The minimum absolute atomic E-state index is 0.00440. The maximum atomic E-state index is 13.1. The van der Waals surface area contributed by atoms with Gasteiger partial charge in [-0.15, -0.1) is 0 Å². The summed E-state index contributed by atoms with van der Waals surface area (Å²) in [5.41, 5.74) is 4.04. The lowest BCUT2D eigenvalue weighted by Crippen LogP contribution is -2.58. The van der Waals surface area contributed by atoms with Crippen LogP contribution in [0.15, 0.2) is 24.5 Å². The van der Waals surface area contributed by atoms with Gasteiger partial charge in [0, 0.05) is 43.7 Å². The molecule has 0 bridgehead atoms. The average molecular weight is 476 g/mol. The highest BCUT2D eigenvalue weighted by Gasteiger charge is 2.37. The van der Waals surface area contributed by atoms with Crippen LogP contribution >= 0.6 is 0 Å². The van der Waals surface area contributed by atoms with Crippen LogP contribution in [0.1, 0.15) is 61.9 Å². The molecule has 8 heteroatoms. The highest BCUT2D eigenvalue weighted by Crippen LogP contribution is 2.45. The van der Waals surface area contributed by atoms with E-state index < -0.39 is 0 Å². The molecule has 4 heterocycles. The summed E-state index contributed by atoms with van der Waals surface area (Å²) in [5, 5.41) is 10.2. The van der Waals surface area contributed by atoms with E-state index in [2.05, 4.69) is 36.7 Å². The summed E-state index contributed by atoms with van der Waals surface area (Å²) in [6.07, 6.45) is 6.41. The van der Waals surface area contributed by atoms with Gasteiger partial charge >= 0.3 is 0 Å². The van der Waals surface area contributed by atoms with Gasteiger partial charge in [0.25, 0.3) is 5.91 Å². The Hall–Kier alpha value is -3.18. The largest absolute Gasteiger partial charge is 0.482 e. The van der Waals surface area contributed by atoms with Crippen molar-refractivity contribution in [2.75, 3.05) is 31.1 Å². The molecule has 2 atom stereocenters. The predicted octanol–water partition coefficient (Wildman–Crippen LogP) is 3.44. The van der Waals surface area contributed by atoms with Gasteiger partial charge in [0.1, 0.15) is 17.6 Å². The molecule has 1 aliphatic carbocycles. The number of nitriles is 1. The normalized spacial score (nSPS) is 22.0. The van der Waals surface area contributed by atoms with E-state index in [4.69, 9.17) is 14.5 Å². The Bertz CT molecular complexity index is 1130. The lowest BCUT2D eigenvalue weighted by Gasteiger charge is -2.44. The van der Waals surface area contributed by atoms with Crippen molar-refractivity contribution in [1.29, 1.82) is 5.26 Å². The summed E-state index contributed by atoms with van der Waals surface area (Å²) < 4.78 is 11.6. The number of carbonyl (C=O) groups is 1. The molecule has 1 amide bonds. The zero-order chi connectivity index (χ0) is 24.5. The molecule has 0 N–H and O–H groups in total.